The Kier molecular flexibility index (Phi) is 2.88. The van der Waals surface area contributed by atoms with Crippen molar-refractivity contribution in [2.75, 3.05) is 0 Å². The van der Waals surface area contributed by atoms with Crippen molar-refractivity contribution < 1.29 is 4.79 Å². The second kappa shape index (κ2) is 4.53. The minimum absolute atomic E-state index is 0.00373. The van der Waals surface area contributed by atoms with Gasteiger partial charge in [0.05, 0.1) is 11.2 Å². The van der Waals surface area contributed by atoms with Crippen molar-refractivity contribution >= 4 is 17.2 Å². The van der Waals surface area contributed by atoms with Crippen LogP contribution in [0.5, 0.6) is 0 Å². The standard InChI is InChI=1S/C14H14N2OS/c1-9-15-8-13(18-9)14(17)16-12-7-11(12)10-5-3-2-4-6-10/h2-6,8,11-12H,7H2,1H3,(H,16,17)/t11-,12+/m1/s1. The number of aromatic nitrogens is 1. The van der Waals surface area contributed by atoms with Crippen molar-refractivity contribution in [2.24, 2.45) is 0 Å². The predicted octanol–water partition coefficient (Wildman–Crippen LogP) is 2.74. The number of hydrogen-bond donors (Lipinski definition) is 1. The Balaban J connectivity index is 1.62. The van der Waals surface area contributed by atoms with E-state index in [1.807, 2.05) is 25.1 Å². The van der Waals surface area contributed by atoms with Crippen LogP contribution in [0.2, 0.25) is 0 Å². The molecule has 1 saturated carbocycles. The lowest BCUT2D eigenvalue weighted by Crippen LogP contribution is -2.25. The molecule has 2 atom stereocenters. The summed E-state index contributed by atoms with van der Waals surface area (Å²) in [4.78, 5) is 16.7. The van der Waals surface area contributed by atoms with Gasteiger partial charge < -0.3 is 5.32 Å². The number of carbonyl (C=O) groups is 1. The largest absolute Gasteiger partial charge is 0.348 e. The van der Waals surface area contributed by atoms with E-state index in [-0.39, 0.29) is 11.9 Å². The lowest BCUT2D eigenvalue weighted by atomic mass is 10.1. The fourth-order valence-electron chi connectivity index (χ4n) is 2.13. The molecule has 0 saturated heterocycles. The van der Waals surface area contributed by atoms with Crippen molar-refractivity contribution in [3.05, 3.63) is 52.0 Å². The molecule has 3 rings (SSSR count). The van der Waals surface area contributed by atoms with Crippen LogP contribution in [0.4, 0.5) is 0 Å². The summed E-state index contributed by atoms with van der Waals surface area (Å²) >= 11 is 1.44. The highest BCUT2D eigenvalue weighted by atomic mass is 32.1. The van der Waals surface area contributed by atoms with Crippen LogP contribution < -0.4 is 5.32 Å². The van der Waals surface area contributed by atoms with E-state index >= 15 is 0 Å². The number of nitrogens with zero attached hydrogens (tertiary/aromatic N) is 1. The molecule has 0 unspecified atom stereocenters. The summed E-state index contributed by atoms with van der Waals surface area (Å²) in [7, 11) is 0. The fourth-order valence-corrected chi connectivity index (χ4v) is 2.81. The minimum atomic E-state index is 0.00373. The quantitative estimate of drug-likeness (QED) is 0.919. The van der Waals surface area contributed by atoms with Crippen LogP contribution in [0, 0.1) is 6.92 Å². The van der Waals surface area contributed by atoms with Gasteiger partial charge in [-0.05, 0) is 18.9 Å². The minimum Gasteiger partial charge on any atom is -0.348 e. The average Bonchev–Trinajstić information content (AvgIpc) is 3.01. The van der Waals surface area contributed by atoms with Gasteiger partial charge in [0.25, 0.3) is 5.91 Å². The molecule has 1 heterocycles. The molecule has 1 aliphatic rings. The summed E-state index contributed by atoms with van der Waals surface area (Å²) in [5.41, 5.74) is 1.31. The normalized spacial score (nSPS) is 21.6. The third kappa shape index (κ3) is 2.29. The molecular formula is C14H14N2OS. The second-order valence-corrected chi connectivity index (χ2v) is 5.81. The van der Waals surface area contributed by atoms with Crippen LogP contribution in [-0.4, -0.2) is 16.9 Å². The summed E-state index contributed by atoms with van der Waals surface area (Å²) in [6.45, 7) is 1.91. The van der Waals surface area contributed by atoms with Gasteiger partial charge in [-0.25, -0.2) is 4.98 Å². The van der Waals surface area contributed by atoms with E-state index in [4.69, 9.17) is 0 Å². The third-order valence-electron chi connectivity index (χ3n) is 3.18. The molecular weight excluding hydrogens is 244 g/mol. The van der Waals surface area contributed by atoms with Gasteiger partial charge in [0.15, 0.2) is 0 Å². The Morgan fingerprint density at radius 3 is 2.83 bits per heavy atom. The summed E-state index contributed by atoms with van der Waals surface area (Å²) < 4.78 is 0. The van der Waals surface area contributed by atoms with Gasteiger partial charge in [-0.15, -0.1) is 11.3 Å². The molecule has 3 nitrogen and oxygen atoms in total. The number of rotatable bonds is 3. The first-order chi connectivity index (χ1) is 8.74. The van der Waals surface area contributed by atoms with Gasteiger partial charge in [0.1, 0.15) is 4.88 Å². The second-order valence-electron chi connectivity index (χ2n) is 4.58. The fraction of sp³-hybridized carbons (Fsp3) is 0.286. The molecule has 18 heavy (non-hydrogen) atoms. The zero-order chi connectivity index (χ0) is 12.5. The molecule has 1 aliphatic carbocycles. The Hall–Kier alpha value is -1.68. The highest BCUT2D eigenvalue weighted by Crippen LogP contribution is 2.40. The molecule has 1 aromatic heterocycles. The first kappa shape index (κ1) is 11.4. The van der Waals surface area contributed by atoms with Crippen LogP contribution in [0.3, 0.4) is 0 Å². The Morgan fingerprint density at radius 1 is 1.39 bits per heavy atom. The summed E-state index contributed by atoms with van der Waals surface area (Å²) in [5, 5.41) is 3.99. The van der Waals surface area contributed by atoms with E-state index < -0.39 is 0 Å². The van der Waals surface area contributed by atoms with E-state index in [1.54, 1.807) is 6.20 Å². The monoisotopic (exact) mass is 258 g/mol. The maximum absolute atomic E-state index is 11.9. The zero-order valence-corrected chi connectivity index (χ0v) is 10.9. The van der Waals surface area contributed by atoms with Crippen molar-refractivity contribution in [1.29, 1.82) is 0 Å². The molecule has 0 bridgehead atoms. The van der Waals surface area contributed by atoms with E-state index in [0.717, 1.165) is 11.4 Å². The molecule has 0 spiro atoms. The van der Waals surface area contributed by atoms with Crippen LogP contribution in [-0.2, 0) is 0 Å². The van der Waals surface area contributed by atoms with Crippen molar-refractivity contribution in [2.45, 2.75) is 25.3 Å². The number of thiazole rings is 1. The summed E-state index contributed by atoms with van der Waals surface area (Å²) in [6.07, 6.45) is 2.68. The Morgan fingerprint density at radius 2 is 2.17 bits per heavy atom. The first-order valence-electron chi connectivity index (χ1n) is 6.02. The molecule has 0 radical (unpaired) electrons. The van der Waals surface area contributed by atoms with Crippen molar-refractivity contribution in [3.8, 4) is 0 Å². The smallest absolute Gasteiger partial charge is 0.263 e. The lowest BCUT2D eigenvalue weighted by Gasteiger charge is -2.02. The summed E-state index contributed by atoms with van der Waals surface area (Å²) in [6, 6.07) is 10.6. The van der Waals surface area contributed by atoms with Crippen LogP contribution in [0.15, 0.2) is 36.5 Å². The van der Waals surface area contributed by atoms with E-state index in [9.17, 15) is 4.79 Å². The lowest BCUT2D eigenvalue weighted by molar-refractivity contribution is 0.0954. The van der Waals surface area contributed by atoms with Crippen LogP contribution in [0.1, 0.15) is 32.6 Å². The molecule has 1 amide bonds. The molecule has 0 aliphatic heterocycles. The van der Waals surface area contributed by atoms with Gasteiger partial charge in [0, 0.05) is 12.0 Å². The number of nitrogens with one attached hydrogen (secondary N) is 1. The van der Waals surface area contributed by atoms with Crippen LogP contribution in [0.25, 0.3) is 0 Å². The molecule has 4 heteroatoms. The first-order valence-corrected chi connectivity index (χ1v) is 6.84. The highest BCUT2D eigenvalue weighted by molar-refractivity contribution is 7.13. The van der Waals surface area contributed by atoms with Gasteiger partial charge in [-0.1, -0.05) is 30.3 Å². The van der Waals surface area contributed by atoms with Gasteiger partial charge in [-0.3, -0.25) is 4.79 Å². The molecule has 1 N–H and O–H groups in total. The number of aryl methyl sites for hydroxylation is 1. The van der Waals surface area contributed by atoms with E-state index in [2.05, 4.69) is 22.4 Å². The van der Waals surface area contributed by atoms with E-state index in [1.165, 1.54) is 16.9 Å². The van der Waals surface area contributed by atoms with Crippen molar-refractivity contribution in [3.63, 3.8) is 0 Å². The SMILES string of the molecule is Cc1ncc(C(=O)N[C@H]2C[C@@H]2c2ccccc2)s1. The number of benzene rings is 1. The van der Waals surface area contributed by atoms with E-state index in [0.29, 0.717) is 10.8 Å². The third-order valence-corrected chi connectivity index (χ3v) is 4.09. The number of amides is 1. The number of carbonyl (C=O) groups excluding carboxylic acids is 1. The zero-order valence-electron chi connectivity index (χ0n) is 10.1. The summed E-state index contributed by atoms with van der Waals surface area (Å²) in [5.74, 6) is 0.480. The molecule has 2 aromatic rings. The molecule has 92 valence electrons. The van der Waals surface area contributed by atoms with Gasteiger partial charge >= 0.3 is 0 Å². The molecule has 1 aromatic carbocycles. The van der Waals surface area contributed by atoms with Crippen molar-refractivity contribution in [1.82, 2.24) is 10.3 Å². The van der Waals surface area contributed by atoms with Gasteiger partial charge in [0.2, 0.25) is 0 Å². The molecule has 1 fully saturated rings. The predicted molar refractivity (Wildman–Crippen MR) is 71.9 cm³/mol. The Labute approximate surface area is 110 Å². The topological polar surface area (TPSA) is 42.0 Å². The number of hydrogen-bond acceptors (Lipinski definition) is 3. The maximum Gasteiger partial charge on any atom is 0.263 e. The van der Waals surface area contributed by atoms with Crippen LogP contribution >= 0.6 is 11.3 Å². The maximum atomic E-state index is 11.9. The highest BCUT2D eigenvalue weighted by Gasteiger charge is 2.39. The Bertz CT molecular complexity index is 564. The average molecular weight is 258 g/mol. The van der Waals surface area contributed by atoms with Gasteiger partial charge in [-0.2, -0.15) is 0 Å².